The molecule has 5 aliphatic carbocycles. The highest BCUT2D eigenvalue weighted by atomic mass is 16.1. The molecule has 0 radical (unpaired) electrons. The second-order valence-electron chi connectivity index (χ2n) is 35.4. The predicted octanol–water partition coefficient (Wildman–Crippen LogP) is 27.7. The molecule has 0 N–H and O–H groups in total. The quantitative estimate of drug-likeness (QED) is 0.108. The van der Waals surface area contributed by atoms with Gasteiger partial charge >= 0.3 is 0 Å². The zero-order valence-electron chi connectivity index (χ0n) is 69.5. The van der Waals surface area contributed by atoms with Crippen molar-refractivity contribution in [3.8, 4) is 55.6 Å². The molecule has 0 aliphatic heterocycles. The Bertz CT molecular complexity index is 8110. The first-order chi connectivity index (χ1) is 62.3. The van der Waals surface area contributed by atoms with Crippen LogP contribution in [0.25, 0.3) is 109 Å². The summed E-state index contributed by atoms with van der Waals surface area (Å²) < 4.78 is 0. The van der Waals surface area contributed by atoms with Gasteiger partial charge in [-0.3, -0.25) is 24.0 Å². The normalized spacial score (nSPS) is 19.2. The maximum absolute atomic E-state index is 16.0. The topological polar surface area (TPSA) is 85.3 Å². The zero-order valence-corrected chi connectivity index (χ0v) is 69.5. The van der Waals surface area contributed by atoms with Gasteiger partial charge in [-0.05, 0) is 201 Å². The largest absolute Gasteiger partial charge is 0.293 e. The fourth-order valence-corrected chi connectivity index (χ4v) is 23.3. The number of Topliss-reactive ketones (excluding diaryl/α,β-unsaturated/α-hetero) is 5. The minimum absolute atomic E-state index is 0.0125. The van der Waals surface area contributed by atoms with E-state index in [4.69, 9.17) is 0 Å². The van der Waals surface area contributed by atoms with E-state index in [-0.39, 0.29) is 28.9 Å². The second kappa shape index (κ2) is 27.3. The van der Waals surface area contributed by atoms with Crippen molar-refractivity contribution in [1.82, 2.24) is 0 Å². The van der Waals surface area contributed by atoms with E-state index in [1.807, 2.05) is 73.7 Å². The Balaban J connectivity index is 0.527. The number of benzene rings is 20. The van der Waals surface area contributed by atoms with Crippen LogP contribution in [0.15, 0.2) is 425 Å². The first kappa shape index (κ1) is 73.7. The van der Waals surface area contributed by atoms with Crippen LogP contribution in [0.2, 0.25) is 0 Å². The summed E-state index contributed by atoms with van der Waals surface area (Å²) in [6.07, 6.45) is 0. The highest BCUT2D eigenvalue weighted by Crippen LogP contribution is 2.58. The van der Waals surface area contributed by atoms with Crippen molar-refractivity contribution in [2.75, 3.05) is 0 Å². The second-order valence-corrected chi connectivity index (χ2v) is 35.4. The van der Waals surface area contributed by atoms with E-state index in [0.29, 0.717) is 16.7 Å². The van der Waals surface area contributed by atoms with Crippen LogP contribution < -0.4 is 0 Å². The lowest BCUT2D eigenvalue weighted by molar-refractivity contribution is 0.0927. The molecule has 5 atom stereocenters. The Kier molecular flexibility index (Phi) is 15.8. The van der Waals surface area contributed by atoms with Crippen molar-refractivity contribution in [3.05, 3.63) is 536 Å². The molecule has 0 saturated carbocycles. The fraction of sp³-hybridized carbons (Fsp3) is 0.0574. The molecule has 0 bridgehead atoms. The van der Waals surface area contributed by atoms with Crippen molar-refractivity contribution in [2.45, 2.75) is 40.9 Å². The first-order valence-corrected chi connectivity index (χ1v) is 43.7. The summed E-state index contributed by atoms with van der Waals surface area (Å²) in [5, 5.41) is 10.1. The maximum Gasteiger partial charge on any atom is 0.182 e. The third-order valence-corrected chi connectivity index (χ3v) is 29.4. The van der Waals surface area contributed by atoms with Gasteiger partial charge in [0.2, 0.25) is 0 Å². The number of hydrogen-bond donors (Lipinski definition) is 0. The van der Waals surface area contributed by atoms with Gasteiger partial charge in [0.25, 0.3) is 0 Å². The monoisotopic (exact) mass is 1620 g/mol. The Morgan fingerprint density at radius 1 is 0.157 bits per heavy atom. The predicted molar refractivity (Wildman–Crippen MR) is 512 cm³/mol. The Morgan fingerprint density at radius 3 is 0.520 bits per heavy atom. The van der Waals surface area contributed by atoms with Crippen molar-refractivity contribution < 1.29 is 24.0 Å². The number of rotatable bonds is 14. The van der Waals surface area contributed by atoms with Crippen LogP contribution in [-0.4, -0.2) is 28.9 Å². The average molecular weight is 1620 g/mol. The molecule has 20 aromatic carbocycles. The van der Waals surface area contributed by atoms with E-state index in [0.717, 1.165) is 199 Å². The van der Waals surface area contributed by atoms with Crippen LogP contribution in [0.5, 0.6) is 0 Å². The minimum atomic E-state index is -1.20. The molecule has 5 unspecified atom stereocenters. The lowest BCUT2D eigenvalue weighted by Gasteiger charge is -2.32. The molecule has 127 heavy (non-hydrogen) atoms. The standard InChI is InChI=1S/C122H76O5/c1-73-33-35-74(36-34-73)76-39-57-90(58-40-76)119(104-29-9-19-85-14-4-24-99(109(85)104)114(119)124)92-61-43-78(44-62-92)80-47-65-94(66-48-80)121(106-31-11-21-87-16-6-26-101(111(87)106)116(121)126)96-69-51-82(52-70-96)83-53-71-97(72-54-83)122(107-32-12-22-88-17-7-27-102(112(88)107)117(122)127)95-67-49-81(50-68-95)79-45-63-93(64-46-79)120(105-30-10-20-86-15-5-25-100(110(86)105)115(120)125)91-59-41-77(42-60-91)75-37-55-89(56-38-75)118(2)103-28-8-18-84-13-3-23-98(108(84)103)113(118)123/h3-72H,1-2H3. The molecule has 5 heteroatoms. The summed E-state index contributed by atoms with van der Waals surface area (Å²) in [5.41, 5.74) is 22.1. The number of aryl methyl sites for hydroxylation is 1. The van der Waals surface area contributed by atoms with E-state index in [9.17, 15) is 4.79 Å². The molecule has 0 spiro atoms. The molecule has 25 rings (SSSR count). The Labute approximate surface area is 734 Å². The van der Waals surface area contributed by atoms with E-state index < -0.39 is 27.1 Å². The summed E-state index contributed by atoms with van der Waals surface area (Å²) in [5.74, 6) is 0.231. The fourth-order valence-electron chi connectivity index (χ4n) is 23.3. The molecule has 5 nitrogen and oxygen atoms in total. The minimum Gasteiger partial charge on any atom is -0.293 e. The van der Waals surface area contributed by atoms with Crippen LogP contribution in [0.4, 0.5) is 0 Å². The van der Waals surface area contributed by atoms with E-state index >= 15 is 19.2 Å². The number of carbonyl (C=O) groups excluding carboxylic acids is 5. The highest BCUT2D eigenvalue weighted by Gasteiger charge is 2.55. The first-order valence-electron chi connectivity index (χ1n) is 43.7. The van der Waals surface area contributed by atoms with E-state index in [1.54, 1.807) is 0 Å². The van der Waals surface area contributed by atoms with E-state index in [2.05, 4.69) is 365 Å². The number of carbonyl (C=O) groups is 5. The van der Waals surface area contributed by atoms with Gasteiger partial charge in [0.1, 0.15) is 21.7 Å². The molecule has 0 amide bonds. The van der Waals surface area contributed by atoms with Gasteiger partial charge in [-0.2, -0.15) is 0 Å². The number of ketones is 5. The molecular formula is C122H76O5. The third-order valence-electron chi connectivity index (χ3n) is 29.4. The summed E-state index contributed by atoms with van der Waals surface area (Å²) in [6.45, 7) is 4.14. The van der Waals surface area contributed by atoms with Crippen molar-refractivity contribution in [1.29, 1.82) is 0 Å². The highest BCUT2D eigenvalue weighted by molar-refractivity contribution is 6.28. The molecular weight excluding hydrogens is 1550 g/mol. The molecule has 0 fully saturated rings. The van der Waals surface area contributed by atoms with Crippen LogP contribution >= 0.6 is 0 Å². The average Bonchev–Trinajstić information content (AvgIpc) is 1.59. The van der Waals surface area contributed by atoms with Crippen LogP contribution in [0, 0.1) is 6.92 Å². The molecule has 5 aliphatic rings. The van der Waals surface area contributed by atoms with Crippen molar-refractivity contribution >= 4 is 82.8 Å². The summed E-state index contributed by atoms with van der Waals surface area (Å²) in [7, 11) is 0. The Morgan fingerprint density at radius 2 is 0.315 bits per heavy atom. The van der Waals surface area contributed by atoms with Gasteiger partial charge in [0.15, 0.2) is 28.9 Å². The lowest BCUT2D eigenvalue weighted by atomic mass is 9.68. The summed E-state index contributed by atoms with van der Waals surface area (Å²) in [4.78, 5) is 77.3. The van der Waals surface area contributed by atoms with Gasteiger partial charge in [-0.15, -0.1) is 0 Å². The summed E-state index contributed by atoms with van der Waals surface area (Å²) in [6, 6.07) is 146. The Hall–Kier alpha value is -16.0. The molecule has 594 valence electrons. The van der Waals surface area contributed by atoms with Gasteiger partial charge < -0.3 is 0 Å². The van der Waals surface area contributed by atoms with Gasteiger partial charge in [0.05, 0.1) is 5.41 Å². The van der Waals surface area contributed by atoms with Crippen LogP contribution in [-0.2, 0) is 27.1 Å². The molecule has 0 saturated heterocycles. The molecule has 0 heterocycles. The maximum atomic E-state index is 16.0. The van der Waals surface area contributed by atoms with E-state index in [1.165, 1.54) is 5.56 Å². The molecule has 20 aromatic rings. The van der Waals surface area contributed by atoms with Crippen LogP contribution in [0.1, 0.15) is 142 Å². The van der Waals surface area contributed by atoms with Crippen LogP contribution in [0.3, 0.4) is 0 Å². The third kappa shape index (κ3) is 10.0. The van der Waals surface area contributed by atoms with Gasteiger partial charge in [0, 0.05) is 27.8 Å². The van der Waals surface area contributed by atoms with Gasteiger partial charge in [-0.25, -0.2) is 0 Å². The SMILES string of the molecule is Cc1ccc(-c2ccc(C3(c4ccc(-c5ccc(C6(c7ccc(-c8ccc(C9(c%10ccc(-c%11ccc(C%12(c%13ccc(-c%14ccc(C%15(C)C(=O)c%16cccc%17cccc%15c%16%17)cc%14)cc%13)C(=O)c%13cccc%14cccc%12c%13%14)cc%11)cc%10)C(=O)c%10cccc%11cccc9c%10%11)cc8)cc7)C(=O)c7cccc8cccc6c78)cc5)cc4)C(=O)c4cccc5cccc3c45)cc2)cc1. The van der Waals surface area contributed by atoms with Crippen molar-refractivity contribution in [3.63, 3.8) is 0 Å². The smallest absolute Gasteiger partial charge is 0.182 e. The lowest BCUT2D eigenvalue weighted by Crippen LogP contribution is -2.35. The number of hydrogen-bond acceptors (Lipinski definition) is 5. The zero-order chi connectivity index (χ0) is 85.0. The van der Waals surface area contributed by atoms with Crippen molar-refractivity contribution in [2.24, 2.45) is 0 Å². The molecule has 0 aromatic heterocycles. The summed E-state index contributed by atoms with van der Waals surface area (Å²) >= 11 is 0. The van der Waals surface area contributed by atoms with Gasteiger partial charge in [-0.1, -0.05) is 430 Å².